The lowest BCUT2D eigenvalue weighted by molar-refractivity contribution is 0.521. The van der Waals surface area contributed by atoms with Crippen LogP contribution in [0.2, 0.25) is 0 Å². The summed E-state index contributed by atoms with van der Waals surface area (Å²) < 4.78 is 10.7. The first kappa shape index (κ1) is 10.7. The van der Waals surface area contributed by atoms with Crippen LogP contribution in [0.5, 0.6) is 0 Å². The van der Waals surface area contributed by atoms with Gasteiger partial charge in [-0.1, -0.05) is 17.7 Å². The first-order valence-electron chi connectivity index (χ1n) is 5.55. The topological polar surface area (TPSA) is 65.0 Å². The van der Waals surface area contributed by atoms with E-state index in [0.29, 0.717) is 23.4 Å². The molecule has 3 rings (SSSR count). The van der Waals surface area contributed by atoms with Gasteiger partial charge in [0.2, 0.25) is 5.89 Å². The average Bonchev–Trinajstić information content (AvgIpc) is 2.98. The molecule has 0 unspecified atom stereocenters. The van der Waals surface area contributed by atoms with Crippen molar-refractivity contribution >= 4 is 0 Å². The van der Waals surface area contributed by atoms with E-state index in [1.165, 1.54) is 11.8 Å². The van der Waals surface area contributed by atoms with Crippen LogP contribution >= 0.6 is 0 Å². The normalized spacial score (nSPS) is 10.8. The fourth-order valence-corrected chi connectivity index (χ4v) is 1.60. The third kappa shape index (κ3) is 1.90. The molecule has 0 spiro atoms. The Morgan fingerprint density at radius 1 is 0.944 bits per heavy atom. The van der Waals surface area contributed by atoms with Crippen LogP contribution < -0.4 is 0 Å². The second-order valence-corrected chi connectivity index (χ2v) is 4.03. The van der Waals surface area contributed by atoms with Gasteiger partial charge < -0.3 is 8.83 Å². The average molecular weight is 241 g/mol. The molecule has 0 saturated carbocycles. The standard InChI is InChI=1S/C13H11N3O2/c1-8-3-5-10(6-4-8)12-15-16-13(18-12)11-7-17-9(2)14-11/h3-7H,1-2H3. The molecule has 2 heterocycles. The van der Waals surface area contributed by atoms with Crippen molar-refractivity contribution in [3.05, 3.63) is 42.0 Å². The van der Waals surface area contributed by atoms with E-state index >= 15 is 0 Å². The molecule has 0 fully saturated rings. The first-order chi connectivity index (χ1) is 8.72. The molecule has 0 amide bonds. The highest BCUT2D eigenvalue weighted by molar-refractivity contribution is 5.55. The van der Waals surface area contributed by atoms with Crippen molar-refractivity contribution < 1.29 is 8.83 Å². The van der Waals surface area contributed by atoms with E-state index in [4.69, 9.17) is 8.83 Å². The summed E-state index contributed by atoms with van der Waals surface area (Å²) in [5.74, 6) is 1.41. The molecule has 18 heavy (non-hydrogen) atoms. The van der Waals surface area contributed by atoms with E-state index in [1.807, 2.05) is 31.2 Å². The Balaban J connectivity index is 1.96. The van der Waals surface area contributed by atoms with Crippen LogP contribution in [0.1, 0.15) is 11.5 Å². The van der Waals surface area contributed by atoms with Crippen molar-refractivity contribution in [2.75, 3.05) is 0 Å². The van der Waals surface area contributed by atoms with Crippen LogP contribution in [0.15, 0.2) is 39.4 Å². The molecule has 0 aliphatic carbocycles. The van der Waals surface area contributed by atoms with Gasteiger partial charge in [0.1, 0.15) is 6.26 Å². The molecule has 90 valence electrons. The Morgan fingerprint density at radius 2 is 1.67 bits per heavy atom. The summed E-state index contributed by atoms with van der Waals surface area (Å²) in [5, 5.41) is 7.96. The van der Waals surface area contributed by atoms with Crippen LogP contribution in [-0.2, 0) is 0 Å². The molecule has 0 aliphatic rings. The fourth-order valence-electron chi connectivity index (χ4n) is 1.60. The van der Waals surface area contributed by atoms with Crippen LogP contribution in [0.4, 0.5) is 0 Å². The largest absolute Gasteiger partial charge is 0.448 e. The number of aromatic nitrogens is 3. The number of hydrogen-bond donors (Lipinski definition) is 0. The summed E-state index contributed by atoms with van der Waals surface area (Å²) in [5.41, 5.74) is 2.63. The number of aryl methyl sites for hydroxylation is 2. The van der Waals surface area contributed by atoms with Gasteiger partial charge in [-0.2, -0.15) is 0 Å². The van der Waals surface area contributed by atoms with Gasteiger partial charge in [-0.3, -0.25) is 0 Å². The maximum atomic E-state index is 5.56. The lowest BCUT2D eigenvalue weighted by Crippen LogP contribution is -1.78. The molecule has 2 aromatic heterocycles. The van der Waals surface area contributed by atoms with E-state index in [9.17, 15) is 0 Å². The zero-order chi connectivity index (χ0) is 12.5. The molecule has 5 nitrogen and oxygen atoms in total. The summed E-state index contributed by atoms with van der Waals surface area (Å²) in [6, 6.07) is 7.89. The van der Waals surface area contributed by atoms with Gasteiger partial charge in [0.15, 0.2) is 11.6 Å². The highest BCUT2D eigenvalue weighted by Gasteiger charge is 2.13. The van der Waals surface area contributed by atoms with E-state index in [2.05, 4.69) is 15.2 Å². The van der Waals surface area contributed by atoms with Crippen molar-refractivity contribution in [3.63, 3.8) is 0 Å². The van der Waals surface area contributed by atoms with Gasteiger partial charge in [-0.05, 0) is 19.1 Å². The Labute approximate surface area is 103 Å². The summed E-state index contributed by atoms with van der Waals surface area (Å²) in [6.45, 7) is 3.79. The molecule has 0 N–H and O–H groups in total. The lowest BCUT2D eigenvalue weighted by atomic mass is 10.1. The van der Waals surface area contributed by atoms with Crippen molar-refractivity contribution in [3.8, 4) is 23.0 Å². The van der Waals surface area contributed by atoms with Gasteiger partial charge >= 0.3 is 0 Å². The van der Waals surface area contributed by atoms with Gasteiger partial charge in [-0.25, -0.2) is 4.98 Å². The Hall–Kier alpha value is -2.43. The van der Waals surface area contributed by atoms with Crippen molar-refractivity contribution in [1.29, 1.82) is 0 Å². The molecule has 0 radical (unpaired) electrons. The molecule has 0 bridgehead atoms. The summed E-state index contributed by atoms with van der Waals surface area (Å²) in [4.78, 5) is 4.14. The van der Waals surface area contributed by atoms with Crippen molar-refractivity contribution in [2.24, 2.45) is 0 Å². The van der Waals surface area contributed by atoms with E-state index in [-0.39, 0.29) is 0 Å². The van der Waals surface area contributed by atoms with Gasteiger partial charge in [-0.15, -0.1) is 10.2 Å². The van der Waals surface area contributed by atoms with Crippen molar-refractivity contribution in [1.82, 2.24) is 15.2 Å². The summed E-state index contributed by atoms with van der Waals surface area (Å²) >= 11 is 0. The third-order valence-corrected chi connectivity index (χ3v) is 2.56. The quantitative estimate of drug-likeness (QED) is 0.690. The molecule has 1 aromatic carbocycles. The highest BCUT2D eigenvalue weighted by Crippen LogP contribution is 2.23. The van der Waals surface area contributed by atoms with Crippen LogP contribution in [-0.4, -0.2) is 15.2 Å². The minimum absolute atomic E-state index is 0.363. The Bertz CT molecular complexity index is 668. The van der Waals surface area contributed by atoms with Crippen LogP contribution in [0.3, 0.4) is 0 Å². The van der Waals surface area contributed by atoms with Crippen LogP contribution in [0, 0.1) is 13.8 Å². The van der Waals surface area contributed by atoms with E-state index in [1.54, 1.807) is 6.92 Å². The second kappa shape index (κ2) is 4.10. The lowest BCUT2D eigenvalue weighted by Gasteiger charge is -1.94. The minimum Gasteiger partial charge on any atom is -0.448 e. The van der Waals surface area contributed by atoms with Gasteiger partial charge in [0.25, 0.3) is 5.89 Å². The molecular weight excluding hydrogens is 230 g/mol. The zero-order valence-electron chi connectivity index (χ0n) is 10.0. The third-order valence-electron chi connectivity index (χ3n) is 2.56. The molecular formula is C13H11N3O2. The Kier molecular flexibility index (Phi) is 2.44. The fraction of sp³-hybridized carbons (Fsp3) is 0.154. The summed E-state index contributed by atoms with van der Waals surface area (Å²) in [6.07, 6.45) is 1.50. The molecule has 0 atom stereocenters. The zero-order valence-corrected chi connectivity index (χ0v) is 10.0. The van der Waals surface area contributed by atoms with E-state index in [0.717, 1.165) is 5.56 Å². The molecule has 5 heteroatoms. The van der Waals surface area contributed by atoms with Gasteiger partial charge in [0.05, 0.1) is 0 Å². The minimum atomic E-state index is 0.363. The van der Waals surface area contributed by atoms with Gasteiger partial charge in [0, 0.05) is 12.5 Å². The predicted molar refractivity (Wildman–Crippen MR) is 64.7 cm³/mol. The SMILES string of the molecule is Cc1ccc(-c2nnc(-c3coc(C)n3)o2)cc1. The predicted octanol–water partition coefficient (Wildman–Crippen LogP) is 3.01. The second-order valence-electron chi connectivity index (χ2n) is 4.03. The summed E-state index contributed by atoms with van der Waals surface area (Å²) in [7, 11) is 0. The highest BCUT2D eigenvalue weighted by atomic mass is 16.4. The molecule has 3 aromatic rings. The van der Waals surface area contributed by atoms with E-state index < -0.39 is 0 Å². The molecule has 0 saturated heterocycles. The number of rotatable bonds is 2. The maximum Gasteiger partial charge on any atom is 0.269 e. The maximum absolute atomic E-state index is 5.56. The smallest absolute Gasteiger partial charge is 0.269 e. The first-order valence-corrected chi connectivity index (χ1v) is 5.55. The number of nitrogens with zero attached hydrogens (tertiary/aromatic N) is 3. The Morgan fingerprint density at radius 3 is 2.33 bits per heavy atom. The van der Waals surface area contributed by atoms with Crippen LogP contribution in [0.25, 0.3) is 23.0 Å². The number of oxazole rings is 1. The monoisotopic (exact) mass is 241 g/mol. The van der Waals surface area contributed by atoms with Crippen molar-refractivity contribution in [2.45, 2.75) is 13.8 Å². The number of benzene rings is 1. The number of hydrogen-bond acceptors (Lipinski definition) is 5. The molecule has 0 aliphatic heterocycles.